The zero-order valence-electron chi connectivity index (χ0n) is 6.28. The van der Waals surface area contributed by atoms with Crippen molar-refractivity contribution in [2.45, 2.75) is 0 Å². The van der Waals surface area contributed by atoms with E-state index in [1.54, 1.807) is 0 Å². The molecule has 0 fully saturated rings. The molecule has 0 atom stereocenters. The first-order chi connectivity index (χ1) is 4.88. The minimum absolute atomic E-state index is 0. The van der Waals surface area contributed by atoms with E-state index in [1.165, 1.54) is 12.7 Å². The molecule has 0 bridgehead atoms. The number of nitrogens with two attached hydrogens (primary N) is 1. The van der Waals surface area contributed by atoms with Gasteiger partial charge in [-0.15, -0.1) is 0 Å². The van der Waals surface area contributed by atoms with Gasteiger partial charge in [-0.1, -0.05) is 0 Å². The fourth-order valence-corrected chi connectivity index (χ4v) is 0.784. The Morgan fingerprint density at radius 1 is 1.25 bits per heavy atom. The Hall–Kier alpha value is -0.924. The predicted octanol–water partition coefficient (Wildman–Crippen LogP) is -1.27. The average molecular weight is 177 g/mol. The van der Waals surface area contributed by atoms with Crippen LogP contribution in [0.25, 0.3) is 11.2 Å². The van der Waals surface area contributed by atoms with Gasteiger partial charge in [0.25, 0.3) is 0 Å². The van der Waals surface area contributed by atoms with E-state index in [9.17, 15) is 0 Å². The van der Waals surface area contributed by atoms with Gasteiger partial charge in [0.2, 0.25) is 0 Å². The topological polar surface area (TPSA) is 112 Å². The second kappa shape index (κ2) is 4.19. The molecule has 0 amide bonds. The summed E-state index contributed by atoms with van der Waals surface area (Å²) in [4.78, 5) is 14.4. The van der Waals surface area contributed by atoms with Gasteiger partial charge in [-0.2, -0.15) is 0 Å². The number of hydrogen-bond donors (Lipinski definition) is 2. The zero-order chi connectivity index (χ0) is 6.97. The summed E-state index contributed by atoms with van der Waals surface area (Å²) >= 11 is 0. The van der Waals surface area contributed by atoms with E-state index in [0.717, 1.165) is 0 Å². The molecule has 0 unspecified atom stereocenters. The zero-order valence-corrected chi connectivity index (χ0v) is 7.70. The van der Waals surface area contributed by atoms with Crippen LogP contribution < -0.4 is 5.73 Å². The quantitative estimate of drug-likeness (QED) is 0.489. The number of imidazole rings is 1. The van der Waals surface area contributed by atoms with E-state index in [4.69, 9.17) is 5.73 Å². The molecule has 0 aliphatic heterocycles. The second-order valence-electron chi connectivity index (χ2n) is 1.86. The molecule has 0 spiro atoms. The fraction of sp³-hybridized carbons (Fsp3) is 0. The molecule has 2 aromatic rings. The Bertz CT molecular complexity index is 361. The predicted molar refractivity (Wildman–Crippen MR) is 45.5 cm³/mol. The number of H-pyrrole nitrogens is 1. The van der Waals surface area contributed by atoms with Gasteiger partial charge >= 0.3 is 23.1 Å². The van der Waals surface area contributed by atoms with Crippen molar-refractivity contribution in [3.63, 3.8) is 0 Å². The first-order valence-electron chi connectivity index (χ1n) is 2.77. The van der Waals surface area contributed by atoms with Gasteiger partial charge < -0.3 is 16.2 Å². The van der Waals surface area contributed by atoms with E-state index in [-0.39, 0.29) is 28.5 Å². The molecule has 2 aromatic heterocycles. The van der Waals surface area contributed by atoms with Crippen molar-refractivity contribution in [2.24, 2.45) is 0 Å². The van der Waals surface area contributed by atoms with Crippen molar-refractivity contribution in [1.82, 2.24) is 19.9 Å². The number of nitrogen functional groups attached to an aromatic ring is 1. The number of fused-ring (bicyclic) bond motifs is 1. The minimum atomic E-state index is 0. The molecule has 7 heteroatoms. The summed E-state index contributed by atoms with van der Waals surface area (Å²) in [6.07, 6.45) is 2.92. The molecule has 0 aromatic carbocycles. The second-order valence-corrected chi connectivity index (χ2v) is 1.86. The van der Waals surface area contributed by atoms with Gasteiger partial charge in [-0.3, -0.25) is 0 Å². The van der Waals surface area contributed by atoms with Gasteiger partial charge in [0, 0.05) is 0 Å². The van der Waals surface area contributed by atoms with Crippen molar-refractivity contribution in [3.05, 3.63) is 12.7 Å². The Balaban J connectivity index is 0.000000605. The summed E-state index contributed by atoms with van der Waals surface area (Å²) in [5, 5.41) is 0. The fourth-order valence-electron chi connectivity index (χ4n) is 0.784. The molecule has 0 saturated carbocycles. The molecular formula is C5H7MgN5O+2. The van der Waals surface area contributed by atoms with E-state index in [1.807, 2.05) is 0 Å². The van der Waals surface area contributed by atoms with Gasteiger partial charge in [0.15, 0.2) is 11.5 Å². The maximum absolute atomic E-state index is 5.48. The standard InChI is InChI=1S/C5H5N5.Mg.H2O/c6-4-3-5(9-1-7-3)10-2-8-4;;/h1-2H,(H3,6,7,8,9,10);;1H2/q;+2;. The normalized spacial score (nSPS) is 8.67. The maximum Gasteiger partial charge on any atom is 2.00 e. The summed E-state index contributed by atoms with van der Waals surface area (Å²) in [5.41, 5.74) is 6.78. The van der Waals surface area contributed by atoms with Crippen molar-refractivity contribution >= 4 is 40.0 Å². The Morgan fingerprint density at radius 3 is 2.67 bits per heavy atom. The maximum atomic E-state index is 5.48. The van der Waals surface area contributed by atoms with Gasteiger partial charge in [-0.25, -0.2) is 15.0 Å². The van der Waals surface area contributed by atoms with Crippen LogP contribution in [-0.2, 0) is 0 Å². The number of aromatic nitrogens is 4. The Labute approximate surface area is 84.1 Å². The van der Waals surface area contributed by atoms with Gasteiger partial charge in [0.05, 0.1) is 6.33 Å². The molecule has 58 valence electrons. The largest absolute Gasteiger partial charge is 2.00 e. The van der Waals surface area contributed by atoms with Crippen LogP contribution in [0.15, 0.2) is 12.7 Å². The van der Waals surface area contributed by atoms with Crippen LogP contribution >= 0.6 is 0 Å². The molecule has 0 saturated heterocycles. The molecule has 5 N–H and O–H groups in total. The first kappa shape index (κ1) is 11.1. The number of nitrogens with zero attached hydrogens (tertiary/aromatic N) is 3. The van der Waals surface area contributed by atoms with Crippen LogP contribution in [0.1, 0.15) is 0 Å². The molecule has 6 nitrogen and oxygen atoms in total. The van der Waals surface area contributed by atoms with Crippen LogP contribution in [0, 0.1) is 0 Å². The van der Waals surface area contributed by atoms with Crippen molar-refractivity contribution in [3.8, 4) is 0 Å². The van der Waals surface area contributed by atoms with Crippen LogP contribution in [0.4, 0.5) is 5.82 Å². The van der Waals surface area contributed by atoms with Crippen LogP contribution in [0.5, 0.6) is 0 Å². The summed E-state index contributed by atoms with van der Waals surface area (Å²) < 4.78 is 0. The minimum Gasteiger partial charge on any atom is -0.412 e. The molecular weight excluding hydrogens is 170 g/mol. The van der Waals surface area contributed by atoms with Crippen LogP contribution in [-0.4, -0.2) is 48.5 Å². The molecule has 0 radical (unpaired) electrons. The Morgan fingerprint density at radius 2 is 2.00 bits per heavy atom. The van der Waals surface area contributed by atoms with E-state index in [2.05, 4.69) is 19.9 Å². The van der Waals surface area contributed by atoms with Crippen molar-refractivity contribution < 1.29 is 5.48 Å². The first-order valence-corrected chi connectivity index (χ1v) is 2.77. The average Bonchev–Trinajstić information content (AvgIpc) is 2.36. The summed E-state index contributed by atoms with van der Waals surface area (Å²) in [6.45, 7) is 0. The number of nitrogens with one attached hydrogen (secondary N) is 1. The smallest absolute Gasteiger partial charge is 0.412 e. The van der Waals surface area contributed by atoms with E-state index in [0.29, 0.717) is 17.0 Å². The summed E-state index contributed by atoms with van der Waals surface area (Å²) in [7, 11) is 0. The third-order valence-electron chi connectivity index (χ3n) is 1.25. The molecule has 12 heavy (non-hydrogen) atoms. The third-order valence-corrected chi connectivity index (χ3v) is 1.25. The summed E-state index contributed by atoms with van der Waals surface area (Å²) in [6, 6.07) is 0. The van der Waals surface area contributed by atoms with Crippen LogP contribution in [0.3, 0.4) is 0 Å². The molecule has 2 rings (SSSR count). The molecule has 2 heterocycles. The van der Waals surface area contributed by atoms with Crippen LogP contribution in [0.2, 0.25) is 0 Å². The number of aromatic amines is 1. The van der Waals surface area contributed by atoms with Crippen molar-refractivity contribution in [1.29, 1.82) is 0 Å². The van der Waals surface area contributed by atoms with E-state index >= 15 is 0 Å². The number of hydrogen-bond acceptors (Lipinski definition) is 4. The monoisotopic (exact) mass is 177 g/mol. The third kappa shape index (κ3) is 1.63. The van der Waals surface area contributed by atoms with E-state index < -0.39 is 0 Å². The van der Waals surface area contributed by atoms with Crippen molar-refractivity contribution in [2.75, 3.05) is 5.73 Å². The molecule has 0 aliphatic carbocycles. The Kier molecular flexibility index (Phi) is 3.87. The summed E-state index contributed by atoms with van der Waals surface area (Å²) in [5.74, 6) is 0.433. The van der Waals surface area contributed by atoms with Gasteiger partial charge in [-0.05, 0) is 0 Å². The van der Waals surface area contributed by atoms with Gasteiger partial charge in [0.1, 0.15) is 11.8 Å². The number of rotatable bonds is 0. The molecule has 0 aliphatic rings. The SMILES string of the molecule is Nc1ncnc2nc[nH]c12.O.[Mg+2]. The number of anilines is 1.